The van der Waals surface area contributed by atoms with Gasteiger partial charge in [-0.2, -0.15) is 0 Å². The average molecular weight is 280 g/mol. The number of nitrogens with zero attached hydrogens (tertiary/aromatic N) is 1. The number of rotatable bonds is 7. The highest BCUT2D eigenvalue weighted by Gasteiger charge is 2.43. The van der Waals surface area contributed by atoms with Gasteiger partial charge >= 0.3 is 0 Å². The summed E-state index contributed by atoms with van der Waals surface area (Å²) in [5, 5.41) is 13.7. The third-order valence-corrected chi connectivity index (χ3v) is 5.27. The van der Waals surface area contributed by atoms with Crippen LogP contribution in [0.15, 0.2) is 0 Å². The second kappa shape index (κ2) is 5.94. The van der Waals surface area contributed by atoms with E-state index in [-0.39, 0.29) is 5.54 Å². The van der Waals surface area contributed by atoms with E-state index in [4.69, 9.17) is 0 Å². The van der Waals surface area contributed by atoms with Crippen LogP contribution in [0.2, 0.25) is 0 Å². The molecule has 0 aromatic heterocycles. The molecule has 3 rings (SSSR count). The van der Waals surface area contributed by atoms with E-state index < -0.39 is 0 Å². The van der Waals surface area contributed by atoms with E-state index in [1.807, 2.05) is 0 Å². The standard InChI is InChI=1S/C17H32N2O/c1-13(2)11-19(15-7-8-15)16-4-3-9-17(10-16,12-20)18-14-5-6-14/h13-16,18,20H,3-12H2,1-2H3. The fraction of sp³-hybridized carbons (Fsp3) is 1.00. The first-order valence-electron chi connectivity index (χ1n) is 8.76. The summed E-state index contributed by atoms with van der Waals surface area (Å²) in [6, 6.07) is 2.23. The summed E-state index contributed by atoms with van der Waals surface area (Å²) in [5.74, 6) is 0.748. The number of hydrogen-bond acceptors (Lipinski definition) is 3. The monoisotopic (exact) mass is 280 g/mol. The van der Waals surface area contributed by atoms with Crippen LogP contribution >= 0.6 is 0 Å². The smallest absolute Gasteiger partial charge is 0.0613 e. The Morgan fingerprint density at radius 2 is 1.90 bits per heavy atom. The Bertz CT molecular complexity index is 325. The van der Waals surface area contributed by atoms with Crippen LogP contribution in [-0.2, 0) is 0 Å². The van der Waals surface area contributed by atoms with Gasteiger partial charge < -0.3 is 10.4 Å². The molecule has 0 aromatic carbocycles. The molecule has 116 valence electrons. The summed E-state index contributed by atoms with van der Waals surface area (Å²) in [6.45, 7) is 6.22. The largest absolute Gasteiger partial charge is 0.394 e. The molecule has 0 heterocycles. The molecule has 2 unspecified atom stereocenters. The van der Waals surface area contributed by atoms with Crippen molar-refractivity contribution >= 4 is 0 Å². The predicted octanol–water partition coefficient (Wildman–Crippen LogP) is 2.53. The van der Waals surface area contributed by atoms with Crippen molar-refractivity contribution in [3.8, 4) is 0 Å². The van der Waals surface area contributed by atoms with Gasteiger partial charge in [0.25, 0.3) is 0 Å². The Kier molecular flexibility index (Phi) is 4.40. The highest BCUT2D eigenvalue weighted by molar-refractivity contribution is 5.02. The van der Waals surface area contributed by atoms with Crippen LogP contribution in [0.5, 0.6) is 0 Å². The molecule has 20 heavy (non-hydrogen) atoms. The molecule has 0 saturated heterocycles. The summed E-state index contributed by atoms with van der Waals surface area (Å²) in [7, 11) is 0. The Hall–Kier alpha value is -0.120. The second-order valence-corrected chi connectivity index (χ2v) is 7.93. The van der Waals surface area contributed by atoms with Gasteiger partial charge in [-0.3, -0.25) is 4.90 Å². The molecule has 3 nitrogen and oxygen atoms in total. The molecule has 2 N–H and O–H groups in total. The van der Waals surface area contributed by atoms with Gasteiger partial charge in [0.2, 0.25) is 0 Å². The first-order valence-corrected chi connectivity index (χ1v) is 8.76. The summed E-state index contributed by atoms with van der Waals surface area (Å²) in [4.78, 5) is 2.78. The van der Waals surface area contributed by atoms with Gasteiger partial charge in [-0.05, 0) is 57.3 Å². The molecule has 3 heteroatoms. The first-order chi connectivity index (χ1) is 9.62. The number of aliphatic hydroxyl groups is 1. The van der Waals surface area contributed by atoms with Crippen LogP contribution in [0.4, 0.5) is 0 Å². The van der Waals surface area contributed by atoms with Crippen LogP contribution in [-0.4, -0.2) is 46.8 Å². The quantitative estimate of drug-likeness (QED) is 0.752. The van der Waals surface area contributed by atoms with Crippen molar-refractivity contribution in [1.29, 1.82) is 0 Å². The topological polar surface area (TPSA) is 35.5 Å². The predicted molar refractivity (Wildman–Crippen MR) is 82.8 cm³/mol. The first kappa shape index (κ1) is 14.8. The zero-order valence-corrected chi connectivity index (χ0v) is 13.3. The third-order valence-electron chi connectivity index (χ3n) is 5.27. The van der Waals surface area contributed by atoms with Crippen molar-refractivity contribution in [1.82, 2.24) is 10.2 Å². The lowest BCUT2D eigenvalue weighted by molar-refractivity contribution is 0.0489. The Labute approximate surface area is 124 Å². The Balaban J connectivity index is 1.65. The van der Waals surface area contributed by atoms with Crippen molar-refractivity contribution in [2.24, 2.45) is 5.92 Å². The summed E-state index contributed by atoms with van der Waals surface area (Å²) >= 11 is 0. The molecule has 0 amide bonds. The maximum atomic E-state index is 9.97. The zero-order chi connectivity index (χ0) is 14.2. The van der Waals surface area contributed by atoms with Gasteiger partial charge in [0.15, 0.2) is 0 Å². The third kappa shape index (κ3) is 3.55. The summed E-state index contributed by atoms with van der Waals surface area (Å²) in [6.07, 6.45) is 10.3. The zero-order valence-electron chi connectivity index (χ0n) is 13.3. The van der Waals surface area contributed by atoms with Gasteiger partial charge in [0.1, 0.15) is 0 Å². The van der Waals surface area contributed by atoms with E-state index in [9.17, 15) is 5.11 Å². The lowest BCUT2D eigenvalue weighted by atomic mass is 9.78. The number of hydrogen-bond donors (Lipinski definition) is 2. The van der Waals surface area contributed by atoms with Crippen LogP contribution in [0.3, 0.4) is 0 Å². The van der Waals surface area contributed by atoms with Crippen LogP contribution in [0.25, 0.3) is 0 Å². The fourth-order valence-corrected chi connectivity index (χ4v) is 4.02. The molecule has 0 aromatic rings. The van der Waals surface area contributed by atoms with E-state index in [0.717, 1.165) is 24.8 Å². The molecule has 3 aliphatic carbocycles. The molecule has 3 aliphatic rings. The van der Waals surface area contributed by atoms with E-state index in [1.54, 1.807) is 0 Å². The van der Waals surface area contributed by atoms with E-state index in [2.05, 4.69) is 24.1 Å². The van der Waals surface area contributed by atoms with E-state index in [1.165, 1.54) is 45.1 Å². The van der Waals surface area contributed by atoms with Crippen LogP contribution in [0.1, 0.15) is 65.2 Å². The van der Waals surface area contributed by atoms with Gasteiger partial charge in [-0.1, -0.05) is 13.8 Å². The molecular weight excluding hydrogens is 248 g/mol. The number of aliphatic hydroxyl groups excluding tert-OH is 1. The van der Waals surface area contributed by atoms with Crippen LogP contribution < -0.4 is 5.32 Å². The van der Waals surface area contributed by atoms with Crippen molar-refractivity contribution < 1.29 is 5.11 Å². The lowest BCUT2D eigenvalue weighted by Gasteiger charge is -2.45. The average Bonchev–Trinajstić information content (AvgIpc) is 3.30. The van der Waals surface area contributed by atoms with E-state index >= 15 is 0 Å². The second-order valence-electron chi connectivity index (χ2n) is 7.93. The maximum Gasteiger partial charge on any atom is 0.0613 e. The minimum absolute atomic E-state index is 0.0220. The Morgan fingerprint density at radius 3 is 2.45 bits per heavy atom. The van der Waals surface area contributed by atoms with Gasteiger partial charge in [-0.15, -0.1) is 0 Å². The van der Waals surface area contributed by atoms with Crippen molar-refractivity contribution in [2.45, 2.75) is 88.9 Å². The van der Waals surface area contributed by atoms with Crippen molar-refractivity contribution in [3.05, 3.63) is 0 Å². The minimum Gasteiger partial charge on any atom is -0.394 e. The minimum atomic E-state index is 0.0220. The SMILES string of the molecule is CC(C)CN(C1CC1)C1CCCC(CO)(NC2CC2)C1. The highest BCUT2D eigenvalue weighted by Crippen LogP contribution is 2.38. The Morgan fingerprint density at radius 1 is 1.15 bits per heavy atom. The molecular formula is C17H32N2O. The summed E-state index contributed by atoms with van der Waals surface area (Å²) in [5.41, 5.74) is 0.0220. The molecule has 0 aliphatic heterocycles. The fourth-order valence-electron chi connectivity index (χ4n) is 4.02. The van der Waals surface area contributed by atoms with Crippen molar-refractivity contribution in [2.75, 3.05) is 13.2 Å². The molecule has 0 bridgehead atoms. The van der Waals surface area contributed by atoms with Gasteiger partial charge in [-0.25, -0.2) is 0 Å². The normalized spacial score (nSPS) is 35.0. The molecule has 0 spiro atoms. The van der Waals surface area contributed by atoms with Gasteiger partial charge in [0.05, 0.1) is 6.61 Å². The molecule has 0 radical (unpaired) electrons. The highest BCUT2D eigenvalue weighted by atomic mass is 16.3. The van der Waals surface area contributed by atoms with Crippen molar-refractivity contribution in [3.63, 3.8) is 0 Å². The van der Waals surface area contributed by atoms with Crippen LogP contribution in [0, 0.1) is 5.92 Å². The maximum absolute atomic E-state index is 9.97. The van der Waals surface area contributed by atoms with E-state index in [0.29, 0.717) is 18.7 Å². The molecule has 2 atom stereocenters. The van der Waals surface area contributed by atoms with Gasteiger partial charge in [0, 0.05) is 30.2 Å². The molecule has 3 fully saturated rings. The molecule has 3 saturated carbocycles. The lowest BCUT2D eigenvalue weighted by Crippen LogP contribution is -2.57. The summed E-state index contributed by atoms with van der Waals surface area (Å²) < 4.78 is 0. The number of nitrogens with one attached hydrogen (secondary N) is 1.